The van der Waals surface area contributed by atoms with Gasteiger partial charge in [-0.25, -0.2) is 0 Å². The normalized spacial score (nSPS) is 12.5. The van der Waals surface area contributed by atoms with Gasteiger partial charge in [0.05, 0.1) is 25.4 Å². The molecule has 6 heteroatoms. The molecule has 0 aliphatic rings. The van der Waals surface area contributed by atoms with Gasteiger partial charge in [-0.2, -0.15) is 0 Å². The van der Waals surface area contributed by atoms with Crippen LogP contribution in [0.15, 0.2) is 24.3 Å². The number of carbonyl (C=O) groups is 2. The summed E-state index contributed by atoms with van der Waals surface area (Å²) in [6.45, 7) is 4.97. The fourth-order valence-corrected chi connectivity index (χ4v) is 13.2. The third kappa shape index (κ3) is 75.3. The molecule has 3 N–H and O–H groups in total. The first-order chi connectivity index (χ1) is 44.0. The summed E-state index contributed by atoms with van der Waals surface area (Å²) in [7, 11) is 0. The molecule has 0 bridgehead atoms. The number of allylic oxidation sites excluding steroid dienone is 3. The monoisotopic (exact) mass is 1250 g/mol. The Morgan fingerprint density at radius 2 is 0.528 bits per heavy atom. The van der Waals surface area contributed by atoms with E-state index < -0.39 is 12.1 Å². The number of hydrogen-bond acceptors (Lipinski definition) is 5. The van der Waals surface area contributed by atoms with E-state index in [0.717, 1.165) is 38.5 Å². The topological polar surface area (TPSA) is 95.9 Å². The van der Waals surface area contributed by atoms with E-state index in [1.807, 2.05) is 6.08 Å². The molecule has 2 atom stereocenters. The number of nitrogens with one attached hydrogen (secondary N) is 1. The Labute approximate surface area is 558 Å². The summed E-state index contributed by atoms with van der Waals surface area (Å²) in [6.07, 6.45) is 102. The number of rotatable bonds is 78. The summed E-state index contributed by atoms with van der Waals surface area (Å²) >= 11 is 0. The molecule has 0 aliphatic carbocycles. The van der Waals surface area contributed by atoms with E-state index in [4.69, 9.17) is 4.74 Å². The van der Waals surface area contributed by atoms with Crippen molar-refractivity contribution < 1.29 is 24.5 Å². The molecule has 2 unspecified atom stereocenters. The minimum Gasteiger partial charge on any atom is -0.466 e. The van der Waals surface area contributed by atoms with Crippen LogP contribution in [0.25, 0.3) is 0 Å². The van der Waals surface area contributed by atoms with E-state index in [9.17, 15) is 19.8 Å². The quantitative estimate of drug-likeness (QED) is 0.0320. The lowest BCUT2D eigenvalue weighted by Crippen LogP contribution is -2.45. The molecule has 0 fully saturated rings. The lowest BCUT2D eigenvalue weighted by molar-refractivity contribution is -0.143. The van der Waals surface area contributed by atoms with Gasteiger partial charge in [-0.05, 0) is 57.8 Å². The maximum absolute atomic E-state index is 12.5. The van der Waals surface area contributed by atoms with E-state index in [-0.39, 0.29) is 18.5 Å². The molecule has 0 saturated carbocycles. The summed E-state index contributed by atoms with van der Waals surface area (Å²) < 4.78 is 5.52. The van der Waals surface area contributed by atoms with Crippen molar-refractivity contribution in [2.45, 2.75) is 482 Å². The fraction of sp³-hybridized carbons (Fsp3) is 0.928. The molecular weight excluding hydrogens is 1090 g/mol. The van der Waals surface area contributed by atoms with Gasteiger partial charge < -0.3 is 20.3 Å². The molecule has 0 aromatic rings. The fourth-order valence-electron chi connectivity index (χ4n) is 13.2. The molecule has 1 amide bonds. The van der Waals surface area contributed by atoms with Crippen molar-refractivity contribution in [2.24, 2.45) is 0 Å². The van der Waals surface area contributed by atoms with Gasteiger partial charge in [-0.3, -0.25) is 9.59 Å². The zero-order chi connectivity index (χ0) is 64.2. The number of unbranched alkanes of at least 4 members (excludes halogenated alkanes) is 65. The first-order valence-corrected chi connectivity index (χ1v) is 41.1. The predicted molar refractivity (Wildman–Crippen MR) is 393 cm³/mol. The van der Waals surface area contributed by atoms with Crippen LogP contribution in [-0.2, 0) is 14.3 Å². The van der Waals surface area contributed by atoms with Crippen LogP contribution in [0.5, 0.6) is 0 Å². The first-order valence-electron chi connectivity index (χ1n) is 41.1. The molecule has 0 heterocycles. The third-order valence-corrected chi connectivity index (χ3v) is 19.5. The maximum atomic E-state index is 12.5. The van der Waals surface area contributed by atoms with Gasteiger partial charge in [0.2, 0.25) is 5.91 Å². The van der Waals surface area contributed by atoms with Crippen molar-refractivity contribution in [2.75, 3.05) is 13.2 Å². The van der Waals surface area contributed by atoms with Crippen LogP contribution >= 0.6 is 0 Å². The van der Waals surface area contributed by atoms with Crippen LogP contribution in [0.1, 0.15) is 470 Å². The number of amides is 1. The highest BCUT2D eigenvalue weighted by Gasteiger charge is 2.18. The summed E-state index contributed by atoms with van der Waals surface area (Å²) in [5.41, 5.74) is 0. The summed E-state index contributed by atoms with van der Waals surface area (Å²) in [5, 5.41) is 23.3. The van der Waals surface area contributed by atoms with Crippen molar-refractivity contribution in [1.29, 1.82) is 0 Å². The van der Waals surface area contributed by atoms with Crippen LogP contribution in [0.4, 0.5) is 0 Å². The highest BCUT2D eigenvalue weighted by molar-refractivity contribution is 5.76. The molecule has 0 aromatic heterocycles. The van der Waals surface area contributed by atoms with E-state index in [1.54, 1.807) is 6.08 Å². The molecule has 89 heavy (non-hydrogen) atoms. The summed E-state index contributed by atoms with van der Waals surface area (Å²) in [6, 6.07) is -0.627. The van der Waals surface area contributed by atoms with Crippen LogP contribution in [0.2, 0.25) is 0 Å². The van der Waals surface area contributed by atoms with Crippen LogP contribution < -0.4 is 5.32 Å². The lowest BCUT2D eigenvalue weighted by atomic mass is 10.0. The van der Waals surface area contributed by atoms with Gasteiger partial charge in [0.1, 0.15) is 0 Å². The van der Waals surface area contributed by atoms with Crippen molar-refractivity contribution in [1.82, 2.24) is 5.32 Å². The van der Waals surface area contributed by atoms with Crippen LogP contribution in [0.3, 0.4) is 0 Å². The first kappa shape index (κ1) is 87.3. The molecular formula is C83H161NO5. The molecule has 6 nitrogen and oxygen atoms in total. The predicted octanol–water partition coefficient (Wildman–Crippen LogP) is 27.2. The van der Waals surface area contributed by atoms with Gasteiger partial charge in [0.15, 0.2) is 0 Å². The van der Waals surface area contributed by atoms with Gasteiger partial charge in [-0.1, -0.05) is 423 Å². The molecule has 0 aliphatic heterocycles. The molecule has 0 saturated heterocycles. The minimum absolute atomic E-state index is 0.0234. The Bertz CT molecular complexity index is 1400. The van der Waals surface area contributed by atoms with E-state index in [1.165, 1.54) is 405 Å². The van der Waals surface area contributed by atoms with Crippen LogP contribution in [-0.4, -0.2) is 47.4 Å². The van der Waals surface area contributed by atoms with Gasteiger partial charge in [0.25, 0.3) is 0 Å². The summed E-state index contributed by atoms with van der Waals surface area (Å²) in [4.78, 5) is 24.7. The highest BCUT2D eigenvalue weighted by atomic mass is 16.5. The Balaban J connectivity index is 3.36. The Kier molecular flexibility index (Phi) is 77.3. The second kappa shape index (κ2) is 78.8. The highest BCUT2D eigenvalue weighted by Crippen LogP contribution is 2.20. The third-order valence-electron chi connectivity index (χ3n) is 19.5. The van der Waals surface area contributed by atoms with E-state index in [2.05, 4.69) is 31.3 Å². The van der Waals surface area contributed by atoms with Crippen molar-refractivity contribution in [3.05, 3.63) is 24.3 Å². The minimum atomic E-state index is -0.844. The average molecular weight is 1250 g/mol. The zero-order valence-electron chi connectivity index (χ0n) is 60.7. The summed E-state index contributed by atoms with van der Waals surface area (Å²) in [5.74, 6) is -0.0373. The maximum Gasteiger partial charge on any atom is 0.305 e. The van der Waals surface area contributed by atoms with Crippen molar-refractivity contribution in [3.8, 4) is 0 Å². The Hall–Kier alpha value is -1.66. The molecule has 528 valence electrons. The SMILES string of the molecule is CCCCCCCCCCCCCCCCCCCCCC/C=C/C(O)C(CO)NC(=O)CCCCCCCCCCCCCCCCC/C=C\CCCCCCCCCCCCCCOC(=O)CCCCCCCCCCCCCCCCCCCCC. The largest absolute Gasteiger partial charge is 0.466 e. The second-order valence-electron chi connectivity index (χ2n) is 28.5. The molecule has 0 aromatic carbocycles. The molecule has 0 rings (SSSR count). The van der Waals surface area contributed by atoms with Gasteiger partial charge in [0, 0.05) is 12.8 Å². The van der Waals surface area contributed by atoms with Crippen molar-refractivity contribution >= 4 is 11.9 Å². The average Bonchev–Trinajstić information content (AvgIpc) is 3.63. The van der Waals surface area contributed by atoms with Gasteiger partial charge in [-0.15, -0.1) is 0 Å². The van der Waals surface area contributed by atoms with Crippen molar-refractivity contribution in [3.63, 3.8) is 0 Å². The smallest absolute Gasteiger partial charge is 0.305 e. The zero-order valence-corrected chi connectivity index (χ0v) is 60.7. The van der Waals surface area contributed by atoms with Gasteiger partial charge >= 0.3 is 5.97 Å². The molecule has 0 radical (unpaired) electrons. The number of aliphatic hydroxyl groups is 2. The number of hydrogen-bond donors (Lipinski definition) is 3. The van der Waals surface area contributed by atoms with Crippen LogP contribution in [0, 0.1) is 0 Å². The van der Waals surface area contributed by atoms with E-state index >= 15 is 0 Å². The standard InChI is InChI=1S/C83H161NO5/c1-3-5-7-9-11-13-15-17-19-21-23-24-36-40-43-47-51-55-59-63-67-71-75-81(86)80(79-85)84-82(87)76-72-68-64-60-56-52-48-44-41-37-34-32-30-28-26-25-27-29-31-33-35-38-42-46-50-54-58-62-66-70-74-78-89-83(88)77-73-69-65-61-57-53-49-45-39-22-20-18-16-14-12-10-8-6-4-2/h27,29,71,75,80-81,85-86H,3-26,28,30-70,72-74,76-79H2,1-2H3,(H,84,87)/b29-27-,75-71+. The Morgan fingerprint density at radius 1 is 0.303 bits per heavy atom. The number of esters is 1. The lowest BCUT2D eigenvalue weighted by Gasteiger charge is -2.20. The number of aliphatic hydroxyl groups excluding tert-OH is 2. The second-order valence-corrected chi connectivity index (χ2v) is 28.5. The molecule has 0 spiro atoms. The number of carbonyl (C=O) groups excluding carboxylic acids is 2. The number of ether oxygens (including phenoxy) is 1. The Morgan fingerprint density at radius 3 is 0.798 bits per heavy atom. The van der Waals surface area contributed by atoms with E-state index in [0.29, 0.717) is 19.4 Å².